The lowest BCUT2D eigenvalue weighted by molar-refractivity contribution is -0.128. The topological polar surface area (TPSA) is 39.4 Å². The maximum absolute atomic E-state index is 10.5. The lowest BCUT2D eigenvalue weighted by Gasteiger charge is -1.92. The van der Waals surface area contributed by atoms with Gasteiger partial charge in [0.25, 0.3) is 0 Å². The smallest absolute Gasteiger partial charge is 0.335 e. The van der Waals surface area contributed by atoms with Gasteiger partial charge in [0.1, 0.15) is 6.26 Å². The van der Waals surface area contributed by atoms with Gasteiger partial charge < -0.3 is 9.15 Å². The monoisotopic (exact) mass is 174 g/mol. The van der Waals surface area contributed by atoms with Crippen molar-refractivity contribution >= 4 is 18.4 Å². The van der Waals surface area contributed by atoms with Crippen LogP contribution in [0.4, 0.5) is 0 Å². The van der Waals surface area contributed by atoms with Crippen LogP contribution < -0.4 is 4.74 Å². The second-order valence-electron chi connectivity index (χ2n) is 1.58. The number of rotatable bonds is 2. The SMILES string of the molecule is C=CC(=O)Oc1ccoc1.Cl. The molecule has 0 aliphatic rings. The van der Waals surface area contributed by atoms with Gasteiger partial charge in [0.15, 0.2) is 5.75 Å². The van der Waals surface area contributed by atoms with Crippen LogP contribution in [0.15, 0.2) is 35.7 Å². The molecule has 0 fully saturated rings. The van der Waals surface area contributed by atoms with Crippen molar-refractivity contribution in [2.24, 2.45) is 0 Å². The summed E-state index contributed by atoms with van der Waals surface area (Å²) in [5.74, 6) is -0.0914. The lowest BCUT2D eigenvalue weighted by atomic mass is 10.6. The third-order valence-corrected chi connectivity index (χ3v) is 0.880. The van der Waals surface area contributed by atoms with Crippen molar-refractivity contribution in [2.45, 2.75) is 0 Å². The molecule has 0 aliphatic heterocycles. The van der Waals surface area contributed by atoms with E-state index in [9.17, 15) is 4.79 Å². The number of ether oxygens (including phenoxy) is 1. The van der Waals surface area contributed by atoms with Gasteiger partial charge in [-0.3, -0.25) is 0 Å². The van der Waals surface area contributed by atoms with Gasteiger partial charge in [-0.05, 0) is 0 Å². The first kappa shape index (κ1) is 9.78. The first-order valence-electron chi connectivity index (χ1n) is 2.69. The zero-order valence-electron chi connectivity index (χ0n) is 5.65. The van der Waals surface area contributed by atoms with Gasteiger partial charge in [-0.25, -0.2) is 4.79 Å². The Morgan fingerprint density at radius 3 is 2.91 bits per heavy atom. The number of halogens is 1. The van der Waals surface area contributed by atoms with Crippen LogP contribution >= 0.6 is 12.4 Å². The van der Waals surface area contributed by atoms with Gasteiger partial charge >= 0.3 is 5.97 Å². The summed E-state index contributed by atoms with van der Waals surface area (Å²) in [7, 11) is 0. The summed E-state index contributed by atoms with van der Waals surface area (Å²) in [4.78, 5) is 10.5. The van der Waals surface area contributed by atoms with E-state index in [2.05, 4.69) is 15.7 Å². The summed E-state index contributed by atoms with van der Waals surface area (Å²) < 4.78 is 9.30. The molecule has 11 heavy (non-hydrogen) atoms. The van der Waals surface area contributed by atoms with Gasteiger partial charge in [0.05, 0.1) is 6.26 Å². The quantitative estimate of drug-likeness (QED) is 0.507. The molecule has 0 saturated carbocycles. The van der Waals surface area contributed by atoms with Gasteiger partial charge in [-0.1, -0.05) is 6.58 Å². The van der Waals surface area contributed by atoms with Gasteiger partial charge in [-0.2, -0.15) is 0 Å². The van der Waals surface area contributed by atoms with E-state index in [1.54, 1.807) is 6.07 Å². The number of furan rings is 1. The summed E-state index contributed by atoms with van der Waals surface area (Å²) in [5, 5.41) is 0. The Hall–Kier alpha value is -1.22. The van der Waals surface area contributed by atoms with Crippen LogP contribution in [0.2, 0.25) is 0 Å². The van der Waals surface area contributed by atoms with E-state index >= 15 is 0 Å². The van der Waals surface area contributed by atoms with Crippen molar-refractivity contribution < 1.29 is 13.9 Å². The van der Waals surface area contributed by atoms with Crippen molar-refractivity contribution in [3.05, 3.63) is 31.2 Å². The van der Waals surface area contributed by atoms with E-state index in [1.807, 2.05) is 0 Å². The molecule has 0 radical (unpaired) electrons. The summed E-state index contributed by atoms with van der Waals surface area (Å²) >= 11 is 0. The molecule has 0 aromatic carbocycles. The van der Waals surface area contributed by atoms with E-state index < -0.39 is 5.97 Å². The standard InChI is InChI=1S/C7H6O3.ClH/c1-2-7(8)10-6-3-4-9-5-6;/h2-5H,1H2;1H. The van der Waals surface area contributed by atoms with E-state index in [0.717, 1.165) is 6.08 Å². The molecular weight excluding hydrogens is 168 g/mol. The van der Waals surface area contributed by atoms with E-state index in [0.29, 0.717) is 5.75 Å². The zero-order valence-corrected chi connectivity index (χ0v) is 6.47. The first-order chi connectivity index (χ1) is 4.83. The van der Waals surface area contributed by atoms with Crippen molar-refractivity contribution in [1.29, 1.82) is 0 Å². The second-order valence-corrected chi connectivity index (χ2v) is 1.58. The van der Waals surface area contributed by atoms with Crippen LogP contribution in [0.1, 0.15) is 0 Å². The lowest BCUT2D eigenvalue weighted by Crippen LogP contribution is -2.01. The molecule has 0 aliphatic carbocycles. The van der Waals surface area contributed by atoms with E-state index in [4.69, 9.17) is 0 Å². The molecule has 0 atom stereocenters. The summed E-state index contributed by atoms with van der Waals surface area (Å²) in [6.07, 6.45) is 3.85. The highest BCUT2D eigenvalue weighted by atomic mass is 35.5. The Morgan fingerprint density at radius 2 is 2.45 bits per heavy atom. The third-order valence-electron chi connectivity index (χ3n) is 0.880. The number of hydrogen-bond acceptors (Lipinski definition) is 3. The molecule has 1 aromatic heterocycles. The molecule has 3 nitrogen and oxygen atoms in total. The molecule has 60 valence electrons. The van der Waals surface area contributed by atoms with Crippen LogP contribution in [0.25, 0.3) is 0 Å². The predicted molar refractivity (Wildman–Crippen MR) is 41.8 cm³/mol. The molecule has 0 N–H and O–H groups in total. The molecule has 1 rings (SSSR count). The molecule has 1 heterocycles. The fourth-order valence-corrected chi connectivity index (χ4v) is 0.468. The van der Waals surface area contributed by atoms with Crippen LogP contribution in [0.5, 0.6) is 5.75 Å². The van der Waals surface area contributed by atoms with Gasteiger partial charge in [0.2, 0.25) is 0 Å². The average molecular weight is 175 g/mol. The van der Waals surface area contributed by atoms with Crippen molar-refractivity contribution in [2.75, 3.05) is 0 Å². The Morgan fingerprint density at radius 1 is 1.73 bits per heavy atom. The Labute approximate surface area is 70.1 Å². The minimum atomic E-state index is -0.485. The van der Waals surface area contributed by atoms with Crippen molar-refractivity contribution in [3.63, 3.8) is 0 Å². The van der Waals surface area contributed by atoms with Crippen molar-refractivity contribution in [3.8, 4) is 5.75 Å². The van der Waals surface area contributed by atoms with Crippen LogP contribution in [0, 0.1) is 0 Å². The highest BCUT2D eigenvalue weighted by Gasteiger charge is 1.98. The molecule has 1 aromatic rings. The molecule has 0 saturated heterocycles. The molecule has 0 bridgehead atoms. The second kappa shape index (κ2) is 4.57. The maximum Gasteiger partial charge on any atom is 0.335 e. The number of esters is 1. The fraction of sp³-hybridized carbons (Fsp3) is 0. The molecule has 0 amide bonds. The highest BCUT2D eigenvalue weighted by Crippen LogP contribution is 2.09. The Balaban J connectivity index is 0.000001000. The average Bonchev–Trinajstić information content (AvgIpc) is 2.40. The molecule has 0 spiro atoms. The first-order valence-corrected chi connectivity index (χ1v) is 2.69. The summed E-state index contributed by atoms with van der Waals surface area (Å²) in [6, 6.07) is 1.54. The summed E-state index contributed by atoms with van der Waals surface area (Å²) in [5.41, 5.74) is 0. The Kier molecular flexibility index (Phi) is 4.07. The van der Waals surface area contributed by atoms with Crippen LogP contribution in [0.3, 0.4) is 0 Å². The molecule has 4 heteroatoms. The zero-order chi connectivity index (χ0) is 7.40. The highest BCUT2D eigenvalue weighted by molar-refractivity contribution is 5.85. The third kappa shape index (κ3) is 2.91. The minimum absolute atomic E-state index is 0. The minimum Gasteiger partial charge on any atom is -0.469 e. The normalized spacial score (nSPS) is 8.00. The Bertz CT molecular complexity index is 228. The largest absolute Gasteiger partial charge is 0.469 e. The van der Waals surface area contributed by atoms with Gasteiger partial charge in [0, 0.05) is 12.1 Å². The summed E-state index contributed by atoms with van der Waals surface area (Å²) in [6.45, 7) is 3.24. The van der Waals surface area contributed by atoms with E-state index in [-0.39, 0.29) is 12.4 Å². The van der Waals surface area contributed by atoms with Crippen molar-refractivity contribution in [1.82, 2.24) is 0 Å². The fourth-order valence-electron chi connectivity index (χ4n) is 0.468. The number of carbonyl (C=O) groups excluding carboxylic acids is 1. The predicted octanol–water partition coefficient (Wildman–Crippen LogP) is 1.79. The molecule has 0 unspecified atom stereocenters. The number of carbonyl (C=O) groups is 1. The van der Waals surface area contributed by atoms with Crippen LogP contribution in [-0.2, 0) is 4.79 Å². The van der Waals surface area contributed by atoms with Crippen LogP contribution in [-0.4, -0.2) is 5.97 Å². The number of hydrogen-bond donors (Lipinski definition) is 0. The maximum atomic E-state index is 10.5. The van der Waals surface area contributed by atoms with E-state index in [1.165, 1.54) is 12.5 Å². The molecular formula is C7H7ClO3. The van der Waals surface area contributed by atoms with Gasteiger partial charge in [-0.15, -0.1) is 12.4 Å².